The van der Waals surface area contributed by atoms with Crippen LogP contribution < -0.4 is 4.17 Å². The minimum atomic E-state index is -3.03. The number of hydrogen-bond acceptors (Lipinski definition) is 1. The fraction of sp³-hybridized carbons (Fsp3) is 0.0667. The maximum atomic E-state index is 6.68. The van der Waals surface area contributed by atoms with E-state index < -0.39 is 12.3 Å². The summed E-state index contributed by atoms with van der Waals surface area (Å²) in [4.78, 5) is 0. The summed E-state index contributed by atoms with van der Waals surface area (Å²) in [5.74, 6) is 0. The Morgan fingerprint density at radius 2 is 1.58 bits per heavy atom. The third-order valence-corrected chi connectivity index (χ3v) is 8.27. The second-order valence-corrected chi connectivity index (χ2v) is 12.5. The molecule has 97 valence electrons. The van der Waals surface area contributed by atoms with Crippen LogP contribution in [0.15, 0.2) is 60.7 Å². The normalized spacial score (nSPS) is 17.3. The van der Waals surface area contributed by atoms with Crippen molar-refractivity contribution in [2.75, 3.05) is 4.17 Å². The molecule has 0 bridgehead atoms. The van der Waals surface area contributed by atoms with Crippen LogP contribution in [0, 0.1) is 0 Å². The number of fused-ring (bicyclic) bond motifs is 1. The predicted molar refractivity (Wildman–Crippen MR) is 80.0 cm³/mol. The Bertz CT molecular complexity index is 611. The summed E-state index contributed by atoms with van der Waals surface area (Å²) < 4.78 is 3.46. The summed E-state index contributed by atoms with van der Waals surface area (Å²) in [6.07, 6.45) is 4.22. The average Bonchev–Trinajstić information content (AvgIpc) is 2.84. The first-order valence-electron chi connectivity index (χ1n) is 6.05. The Labute approximate surface area is 124 Å². The number of para-hydroxylation sites is 1. The van der Waals surface area contributed by atoms with Gasteiger partial charge in [0.2, 0.25) is 0 Å². The summed E-state index contributed by atoms with van der Waals surface area (Å²) in [5, 5.41) is 0. The molecule has 1 nitrogen and oxygen atoms in total. The van der Waals surface area contributed by atoms with Gasteiger partial charge in [-0.15, -0.1) is 0 Å². The van der Waals surface area contributed by atoms with Gasteiger partial charge in [-0.2, -0.15) is 0 Å². The molecule has 0 heterocycles. The predicted octanol–water partition coefficient (Wildman–Crippen LogP) is 5.24. The first-order chi connectivity index (χ1) is 9.17. The van der Waals surface area contributed by atoms with E-state index in [0.717, 1.165) is 5.69 Å². The molecule has 0 fully saturated rings. The van der Waals surface area contributed by atoms with Crippen LogP contribution in [0.2, 0.25) is 0 Å². The summed E-state index contributed by atoms with van der Waals surface area (Å²) in [6, 6.07) is 18.2. The van der Waals surface area contributed by atoms with Gasteiger partial charge in [0, 0.05) is 0 Å². The molecule has 0 saturated carbocycles. The summed E-state index contributed by atoms with van der Waals surface area (Å²) in [7, 11) is 13.4. The zero-order chi connectivity index (χ0) is 13.3. The molecule has 0 amide bonds. The van der Waals surface area contributed by atoms with Crippen LogP contribution in [-0.4, -0.2) is 0 Å². The Kier molecular flexibility index (Phi) is 3.64. The van der Waals surface area contributed by atoms with Gasteiger partial charge in [0.05, 0.1) is 0 Å². The van der Waals surface area contributed by atoms with E-state index in [2.05, 4.69) is 28.5 Å². The summed E-state index contributed by atoms with van der Waals surface area (Å²) in [6.45, 7) is 0. The zero-order valence-corrected chi connectivity index (χ0v) is 13.0. The molecule has 1 aliphatic carbocycles. The van der Waals surface area contributed by atoms with Gasteiger partial charge >= 0.3 is 124 Å². The molecule has 1 unspecified atom stereocenters. The molecule has 1 aliphatic rings. The molecule has 2 aromatic rings. The van der Waals surface area contributed by atoms with Crippen LogP contribution in [0.25, 0.3) is 6.08 Å². The third kappa shape index (κ3) is 2.70. The zero-order valence-electron chi connectivity index (χ0n) is 10.1. The van der Waals surface area contributed by atoms with Crippen LogP contribution >= 0.6 is 19.7 Å². The van der Waals surface area contributed by atoms with Gasteiger partial charge in [-0.3, -0.25) is 0 Å². The molecule has 0 aromatic heterocycles. The molecular weight excluding hydrogens is 316 g/mol. The molecule has 0 aliphatic heterocycles. The average molecular weight is 329 g/mol. The van der Waals surface area contributed by atoms with E-state index in [1.54, 1.807) is 0 Å². The molecule has 0 radical (unpaired) electrons. The molecule has 1 atom stereocenters. The van der Waals surface area contributed by atoms with Crippen molar-refractivity contribution in [2.24, 2.45) is 0 Å². The number of anilines is 1. The second-order valence-electron chi connectivity index (χ2n) is 4.47. The second kappa shape index (κ2) is 5.26. The van der Waals surface area contributed by atoms with Crippen molar-refractivity contribution in [1.29, 1.82) is 0 Å². The third-order valence-electron chi connectivity index (χ3n) is 3.17. The van der Waals surface area contributed by atoms with Gasteiger partial charge in [-0.05, 0) is 0 Å². The van der Waals surface area contributed by atoms with Crippen LogP contribution in [0.3, 0.4) is 0 Å². The van der Waals surface area contributed by atoms with Gasteiger partial charge in [-0.25, -0.2) is 0 Å². The van der Waals surface area contributed by atoms with Crippen LogP contribution in [-0.2, 0) is 12.3 Å². The van der Waals surface area contributed by atoms with E-state index in [0.29, 0.717) is 0 Å². The molecule has 1 N–H and O–H groups in total. The molecule has 4 heteroatoms. The quantitative estimate of drug-likeness (QED) is 0.812. The number of benzene rings is 2. The Morgan fingerprint density at radius 1 is 0.895 bits per heavy atom. The Morgan fingerprint density at radius 3 is 2.37 bits per heavy atom. The molecule has 0 saturated heterocycles. The van der Waals surface area contributed by atoms with Crippen molar-refractivity contribution in [2.45, 2.75) is 4.63 Å². The van der Waals surface area contributed by atoms with Crippen molar-refractivity contribution in [3.63, 3.8) is 0 Å². The number of halogens is 2. The van der Waals surface area contributed by atoms with E-state index >= 15 is 0 Å². The van der Waals surface area contributed by atoms with Crippen LogP contribution in [0.4, 0.5) is 5.69 Å². The van der Waals surface area contributed by atoms with Gasteiger partial charge < -0.3 is 0 Å². The van der Waals surface area contributed by atoms with Gasteiger partial charge in [0.25, 0.3) is 0 Å². The number of allylic oxidation sites excluding steroid dienone is 1. The van der Waals surface area contributed by atoms with E-state index in [1.165, 1.54) is 11.1 Å². The number of rotatable bonds is 3. The monoisotopic (exact) mass is 328 g/mol. The van der Waals surface area contributed by atoms with Crippen molar-refractivity contribution in [3.8, 4) is 0 Å². The van der Waals surface area contributed by atoms with Crippen LogP contribution in [0.1, 0.15) is 15.8 Å². The fourth-order valence-electron chi connectivity index (χ4n) is 2.27. The van der Waals surface area contributed by atoms with Crippen molar-refractivity contribution >= 4 is 31.5 Å². The molecular formula is C15H13Cl2NV. The van der Waals surface area contributed by atoms with Crippen molar-refractivity contribution in [1.82, 2.24) is 0 Å². The van der Waals surface area contributed by atoms with Gasteiger partial charge in [0.1, 0.15) is 0 Å². The van der Waals surface area contributed by atoms with E-state index in [1.807, 2.05) is 42.5 Å². The first-order valence-corrected chi connectivity index (χ1v) is 11.4. The molecule has 2 aromatic carbocycles. The SMILES string of the molecule is [Cl][V]([Cl])([NH]c1ccccc1)[CH]1C=Cc2ccccc21. The standard InChI is InChI=1S/C9H7.C6H6N.2ClH.V/c1-2-5-9-7-3-6-8(9)4-1;7-6-4-2-1-3-5-6;;;/h1-7H;1-5,7H;2*1H;/q;-1;;;+3/p-2. The van der Waals surface area contributed by atoms with E-state index in [9.17, 15) is 0 Å². The Balaban J connectivity index is 1.88. The van der Waals surface area contributed by atoms with Crippen LogP contribution in [0.5, 0.6) is 0 Å². The van der Waals surface area contributed by atoms with Crippen molar-refractivity contribution < 1.29 is 12.3 Å². The fourth-order valence-corrected chi connectivity index (χ4v) is 6.85. The first kappa shape index (κ1) is 13.1. The number of nitrogens with one attached hydrogen (secondary N) is 1. The molecule has 19 heavy (non-hydrogen) atoms. The Hall–Kier alpha value is -0.856. The molecule has 0 spiro atoms. The summed E-state index contributed by atoms with van der Waals surface area (Å²) in [5.41, 5.74) is 3.43. The van der Waals surface area contributed by atoms with Gasteiger partial charge in [0.15, 0.2) is 0 Å². The van der Waals surface area contributed by atoms with E-state index in [-0.39, 0.29) is 4.63 Å². The van der Waals surface area contributed by atoms with Gasteiger partial charge in [-0.1, -0.05) is 0 Å². The summed E-state index contributed by atoms with van der Waals surface area (Å²) >= 11 is -3.03. The van der Waals surface area contributed by atoms with E-state index in [4.69, 9.17) is 19.7 Å². The topological polar surface area (TPSA) is 12.0 Å². The van der Waals surface area contributed by atoms with Crippen molar-refractivity contribution in [3.05, 3.63) is 71.8 Å². The maximum absolute atomic E-state index is 6.68. The minimum absolute atomic E-state index is 0.109. The molecule has 3 rings (SSSR count). The number of hydrogen-bond donors (Lipinski definition) is 1.